The van der Waals surface area contributed by atoms with Crippen molar-refractivity contribution in [2.45, 2.75) is 26.4 Å². The van der Waals surface area contributed by atoms with Crippen molar-refractivity contribution < 1.29 is 9.84 Å². The minimum atomic E-state index is -0.494. The van der Waals surface area contributed by atoms with E-state index >= 15 is 0 Å². The summed E-state index contributed by atoms with van der Waals surface area (Å²) in [6.07, 6.45) is 0.347. The quantitative estimate of drug-likeness (QED) is 0.750. The molecule has 0 heterocycles. The number of hydrogen-bond donors (Lipinski definition) is 1. The molecule has 15 heavy (non-hydrogen) atoms. The summed E-state index contributed by atoms with van der Waals surface area (Å²) in [4.78, 5) is 0. The third-order valence-electron chi connectivity index (χ3n) is 2.16. The summed E-state index contributed by atoms with van der Waals surface area (Å²) in [7, 11) is 0. The Morgan fingerprint density at radius 2 is 2.13 bits per heavy atom. The molecule has 1 aromatic rings. The maximum atomic E-state index is 9.52. The van der Waals surface area contributed by atoms with E-state index in [2.05, 4.69) is 6.58 Å². The first-order valence-corrected chi connectivity index (χ1v) is 5.15. The van der Waals surface area contributed by atoms with Crippen LogP contribution in [-0.2, 0) is 0 Å². The van der Waals surface area contributed by atoms with Crippen molar-refractivity contribution >= 4 is 0 Å². The van der Waals surface area contributed by atoms with Crippen LogP contribution in [0.4, 0.5) is 0 Å². The number of para-hydroxylation sites is 1. The first kappa shape index (κ1) is 11.8. The minimum Gasteiger partial charge on any atom is -0.493 e. The van der Waals surface area contributed by atoms with Crippen molar-refractivity contribution in [3.8, 4) is 5.75 Å². The van der Waals surface area contributed by atoms with E-state index in [4.69, 9.17) is 4.74 Å². The molecule has 1 atom stereocenters. The molecule has 1 rings (SSSR count). The molecule has 82 valence electrons. The summed E-state index contributed by atoms with van der Waals surface area (Å²) >= 11 is 0. The van der Waals surface area contributed by atoms with E-state index in [-0.39, 0.29) is 0 Å². The molecule has 2 nitrogen and oxygen atoms in total. The molecule has 0 aliphatic rings. The fraction of sp³-hybridized carbons (Fsp3) is 0.385. The molecule has 0 amide bonds. The Morgan fingerprint density at radius 1 is 1.47 bits per heavy atom. The lowest BCUT2D eigenvalue weighted by Crippen LogP contribution is -2.02. The van der Waals surface area contributed by atoms with Crippen LogP contribution in [0, 0.1) is 0 Å². The highest BCUT2D eigenvalue weighted by atomic mass is 16.5. The van der Waals surface area contributed by atoms with E-state index in [1.807, 2.05) is 31.2 Å². The number of ether oxygens (including phenoxy) is 1. The molecular weight excluding hydrogens is 188 g/mol. The van der Waals surface area contributed by atoms with Crippen LogP contribution in [0.1, 0.15) is 31.9 Å². The second-order valence-corrected chi connectivity index (χ2v) is 3.77. The van der Waals surface area contributed by atoms with E-state index in [1.54, 1.807) is 6.92 Å². The fourth-order valence-electron chi connectivity index (χ4n) is 1.29. The van der Waals surface area contributed by atoms with E-state index in [1.165, 1.54) is 0 Å². The average molecular weight is 206 g/mol. The van der Waals surface area contributed by atoms with Gasteiger partial charge in [0.1, 0.15) is 5.75 Å². The molecule has 1 aromatic carbocycles. The lowest BCUT2D eigenvalue weighted by Gasteiger charge is -2.12. The summed E-state index contributed by atoms with van der Waals surface area (Å²) in [6.45, 7) is 8.14. The second kappa shape index (κ2) is 5.56. The molecule has 2 heteroatoms. The van der Waals surface area contributed by atoms with Crippen molar-refractivity contribution in [2.24, 2.45) is 0 Å². The summed E-state index contributed by atoms with van der Waals surface area (Å²) in [5, 5.41) is 9.52. The number of benzene rings is 1. The van der Waals surface area contributed by atoms with Crippen LogP contribution in [0.25, 0.3) is 0 Å². The lowest BCUT2D eigenvalue weighted by molar-refractivity contribution is 0.191. The van der Waals surface area contributed by atoms with Crippen LogP contribution >= 0.6 is 0 Å². The largest absolute Gasteiger partial charge is 0.493 e. The SMILES string of the molecule is C=C(C)CCOc1ccccc1C(C)O. The van der Waals surface area contributed by atoms with Gasteiger partial charge in [-0.1, -0.05) is 23.8 Å². The summed E-state index contributed by atoms with van der Waals surface area (Å²) in [5.41, 5.74) is 1.93. The molecule has 0 saturated carbocycles. The monoisotopic (exact) mass is 206 g/mol. The van der Waals surface area contributed by atoms with Crippen LogP contribution in [-0.4, -0.2) is 11.7 Å². The van der Waals surface area contributed by atoms with E-state index in [0.717, 1.165) is 23.3 Å². The van der Waals surface area contributed by atoms with Crippen molar-refractivity contribution in [1.82, 2.24) is 0 Å². The van der Waals surface area contributed by atoms with Gasteiger partial charge in [-0.05, 0) is 19.9 Å². The zero-order chi connectivity index (χ0) is 11.3. The predicted molar refractivity (Wildman–Crippen MR) is 62.0 cm³/mol. The second-order valence-electron chi connectivity index (χ2n) is 3.77. The molecule has 0 fully saturated rings. The standard InChI is InChI=1S/C13H18O2/c1-10(2)8-9-15-13-7-5-4-6-12(13)11(3)14/h4-7,11,14H,1,8-9H2,2-3H3. The van der Waals surface area contributed by atoms with Crippen molar-refractivity contribution in [1.29, 1.82) is 0 Å². The van der Waals surface area contributed by atoms with Gasteiger partial charge in [-0.15, -0.1) is 6.58 Å². The smallest absolute Gasteiger partial charge is 0.125 e. The van der Waals surface area contributed by atoms with Gasteiger partial charge in [-0.2, -0.15) is 0 Å². The first-order chi connectivity index (χ1) is 7.11. The highest BCUT2D eigenvalue weighted by molar-refractivity contribution is 5.34. The average Bonchev–Trinajstić information content (AvgIpc) is 2.17. The van der Waals surface area contributed by atoms with Crippen molar-refractivity contribution in [3.63, 3.8) is 0 Å². The number of aliphatic hydroxyl groups is 1. The molecule has 0 saturated heterocycles. The van der Waals surface area contributed by atoms with Crippen LogP contribution in [0.2, 0.25) is 0 Å². The normalized spacial score (nSPS) is 12.2. The van der Waals surface area contributed by atoms with Crippen LogP contribution in [0.3, 0.4) is 0 Å². The van der Waals surface area contributed by atoms with E-state index in [0.29, 0.717) is 6.61 Å². The molecule has 0 aromatic heterocycles. The zero-order valence-electron chi connectivity index (χ0n) is 9.36. The Bertz CT molecular complexity index is 329. The maximum absolute atomic E-state index is 9.52. The highest BCUT2D eigenvalue weighted by Gasteiger charge is 2.07. The maximum Gasteiger partial charge on any atom is 0.125 e. The van der Waals surface area contributed by atoms with Crippen molar-refractivity contribution in [2.75, 3.05) is 6.61 Å². The zero-order valence-corrected chi connectivity index (χ0v) is 9.36. The number of hydrogen-bond acceptors (Lipinski definition) is 2. The molecule has 0 radical (unpaired) electrons. The number of rotatable bonds is 5. The summed E-state index contributed by atoms with van der Waals surface area (Å²) in [5.74, 6) is 0.758. The van der Waals surface area contributed by atoms with Gasteiger partial charge < -0.3 is 9.84 Å². The van der Waals surface area contributed by atoms with Gasteiger partial charge in [0, 0.05) is 12.0 Å². The lowest BCUT2D eigenvalue weighted by atomic mass is 10.1. The fourth-order valence-corrected chi connectivity index (χ4v) is 1.29. The third kappa shape index (κ3) is 3.76. The van der Waals surface area contributed by atoms with Gasteiger partial charge in [0.25, 0.3) is 0 Å². The Hall–Kier alpha value is -1.28. The molecule has 0 spiro atoms. The molecule has 0 aliphatic carbocycles. The van der Waals surface area contributed by atoms with Crippen molar-refractivity contribution in [3.05, 3.63) is 42.0 Å². The minimum absolute atomic E-state index is 0.494. The van der Waals surface area contributed by atoms with E-state index in [9.17, 15) is 5.11 Å². The molecule has 0 bridgehead atoms. The van der Waals surface area contributed by atoms with Crippen LogP contribution in [0.5, 0.6) is 5.75 Å². The molecular formula is C13H18O2. The summed E-state index contributed by atoms with van der Waals surface area (Å²) < 4.78 is 5.59. The van der Waals surface area contributed by atoms with Gasteiger partial charge >= 0.3 is 0 Å². The Morgan fingerprint density at radius 3 is 2.73 bits per heavy atom. The Balaban J connectivity index is 2.63. The molecule has 0 aliphatic heterocycles. The molecule has 1 unspecified atom stereocenters. The third-order valence-corrected chi connectivity index (χ3v) is 2.16. The van der Waals surface area contributed by atoms with E-state index < -0.39 is 6.10 Å². The van der Waals surface area contributed by atoms with Gasteiger partial charge in [0.15, 0.2) is 0 Å². The Kier molecular flexibility index (Phi) is 4.37. The summed E-state index contributed by atoms with van der Waals surface area (Å²) in [6, 6.07) is 7.55. The molecule has 1 N–H and O–H groups in total. The topological polar surface area (TPSA) is 29.5 Å². The van der Waals surface area contributed by atoms with Gasteiger partial charge in [-0.25, -0.2) is 0 Å². The van der Waals surface area contributed by atoms with Crippen LogP contribution in [0.15, 0.2) is 36.4 Å². The van der Waals surface area contributed by atoms with Crippen LogP contribution < -0.4 is 4.74 Å². The van der Waals surface area contributed by atoms with Gasteiger partial charge in [0.05, 0.1) is 12.7 Å². The highest BCUT2D eigenvalue weighted by Crippen LogP contribution is 2.24. The predicted octanol–water partition coefficient (Wildman–Crippen LogP) is 3.08. The first-order valence-electron chi connectivity index (χ1n) is 5.15. The number of aliphatic hydroxyl groups excluding tert-OH is 1. The van der Waals surface area contributed by atoms with Gasteiger partial charge in [-0.3, -0.25) is 0 Å². The van der Waals surface area contributed by atoms with Gasteiger partial charge in [0.2, 0.25) is 0 Å². The Labute approximate surface area is 91.2 Å².